The van der Waals surface area contributed by atoms with Crippen molar-refractivity contribution in [2.75, 3.05) is 32.7 Å². The molecule has 0 radical (unpaired) electrons. The Bertz CT molecular complexity index is 652. The molecule has 0 spiro atoms. The summed E-state index contributed by atoms with van der Waals surface area (Å²) in [6, 6.07) is 6.83. The molecule has 1 heterocycles. The summed E-state index contributed by atoms with van der Waals surface area (Å²) < 4.78 is 38.6. The SMILES string of the molecule is CC(=O)NC(CC(=O)N1CCCN(CC(F)(F)F)CC1)c1ccc(Br)cc1. The Labute approximate surface area is 165 Å². The Morgan fingerprint density at radius 3 is 2.41 bits per heavy atom. The highest BCUT2D eigenvalue weighted by molar-refractivity contribution is 9.10. The molecule has 27 heavy (non-hydrogen) atoms. The minimum absolute atomic E-state index is 0.0699. The highest BCUT2D eigenvalue weighted by Gasteiger charge is 2.32. The average molecular weight is 450 g/mol. The molecule has 1 unspecified atom stereocenters. The van der Waals surface area contributed by atoms with E-state index in [4.69, 9.17) is 0 Å². The van der Waals surface area contributed by atoms with Crippen LogP contribution in [0.25, 0.3) is 0 Å². The van der Waals surface area contributed by atoms with E-state index in [0.29, 0.717) is 19.5 Å². The molecule has 9 heteroatoms. The van der Waals surface area contributed by atoms with Crippen molar-refractivity contribution in [3.63, 3.8) is 0 Å². The summed E-state index contributed by atoms with van der Waals surface area (Å²) >= 11 is 3.35. The van der Waals surface area contributed by atoms with Crippen LogP contribution in [0.1, 0.15) is 31.4 Å². The Balaban J connectivity index is 2.00. The summed E-state index contributed by atoms with van der Waals surface area (Å²) in [6.07, 6.45) is -3.68. The van der Waals surface area contributed by atoms with Crippen LogP contribution in [-0.4, -0.2) is 60.5 Å². The Morgan fingerprint density at radius 2 is 1.81 bits per heavy atom. The van der Waals surface area contributed by atoms with Crippen molar-refractivity contribution in [3.8, 4) is 0 Å². The third-order valence-electron chi connectivity index (χ3n) is 4.37. The fraction of sp³-hybridized carbons (Fsp3) is 0.556. The first-order valence-corrected chi connectivity index (χ1v) is 9.53. The van der Waals surface area contributed by atoms with Crippen LogP contribution in [0.5, 0.6) is 0 Å². The van der Waals surface area contributed by atoms with Gasteiger partial charge in [-0.05, 0) is 24.1 Å². The average Bonchev–Trinajstić information content (AvgIpc) is 2.78. The molecule has 0 saturated carbocycles. The number of rotatable bonds is 5. The van der Waals surface area contributed by atoms with Crippen molar-refractivity contribution in [3.05, 3.63) is 34.3 Å². The van der Waals surface area contributed by atoms with E-state index in [1.165, 1.54) is 11.8 Å². The van der Waals surface area contributed by atoms with Gasteiger partial charge in [0.1, 0.15) is 0 Å². The van der Waals surface area contributed by atoms with Gasteiger partial charge in [0.15, 0.2) is 0 Å². The number of hydrogen-bond donors (Lipinski definition) is 1. The summed E-state index contributed by atoms with van der Waals surface area (Å²) in [7, 11) is 0. The lowest BCUT2D eigenvalue weighted by Gasteiger charge is -2.25. The van der Waals surface area contributed by atoms with Crippen molar-refractivity contribution in [1.29, 1.82) is 0 Å². The zero-order valence-corrected chi connectivity index (χ0v) is 16.6. The molecule has 2 rings (SSSR count). The molecule has 150 valence electrons. The summed E-state index contributed by atoms with van der Waals surface area (Å²) in [5, 5.41) is 2.78. The monoisotopic (exact) mass is 449 g/mol. The maximum absolute atomic E-state index is 12.7. The zero-order chi connectivity index (χ0) is 20.0. The number of hydrogen-bond acceptors (Lipinski definition) is 3. The largest absolute Gasteiger partial charge is 0.401 e. The van der Waals surface area contributed by atoms with Crippen LogP contribution in [0.15, 0.2) is 28.7 Å². The normalized spacial score (nSPS) is 17.3. The van der Waals surface area contributed by atoms with Crippen LogP contribution < -0.4 is 5.32 Å². The summed E-state index contributed by atoms with van der Waals surface area (Å²) in [5.41, 5.74) is 0.801. The van der Waals surface area contributed by atoms with E-state index >= 15 is 0 Å². The molecule has 0 aliphatic carbocycles. The number of carbonyl (C=O) groups excluding carboxylic acids is 2. The maximum Gasteiger partial charge on any atom is 0.401 e. The molecular weight excluding hydrogens is 427 g/mol. The quantitative estimate of drug-likeness (QED) is 0.751. The number of amides is 2. The van der Waals surface area contributed by atoms with E-state index in [1.54, 1.807) is 4.90 Å². The van der Waals surface area contributed by atoms with E-state index in [2.05, 4.69) is 21.2 Å². The number of alkyl halides is 3. The van der Waals surface area contributed by atoms with E-state index < -0.39 is 18.8 Å². The predicted molar refractivity (Wildman–Crippen MR) is 99.0 cm³/mol. The van der Waals surface area contributed by atoms with Crippen molar-refractivity contribution in [2.45, 2.75) is 32.0 Å². The van der Waals surface area contributed by atoms with Gasteiger partial charge in [-0.25, -0.2) is 0 Å². The van der Waals surface area contributed by atoms with Crippen LogP contribution in [0.4, 0.5) is 13.2 Å². The molecule has 1 fully saturated rings. The van der Waals surface area contributed by atoms with Gasteiger partial charge >= 0.3 is 6.18 Å². The maximum atomic E-state index is 12.7. The number of carbonyl (C=O) groups is 2. The van der Waals surface area contributed by atoms with E-state index in [1.807, 2.05) is 24.3 Å². The summed E-state index contributed by atoms with van der Waals surface area (Å²) in [5.74, 6) is -0.423. The lowest BCUT2D eigenvalue weighted by Crippen LogP contribution is -2.39. The molecule has 1 aliphatic heterocycles. The van der Waals surface area contributed by atoms with Crippen LogP contribution in [0.3, 0.4) is 0 Å². The van der Waals surface area contributed by atoms with Gasteiger partial charge in [0.2, 0.25) is 11.8 Å². The smallest absolute Gasteiger partial charge is 0.349 e. The summed E-state index contributed by atoms with van der Waals surface area (Å²) in [6.45, 7) is 1.60. The second-order valence-corrected chi connectivity index (χ2v) is 7.55. The van der Waals surface area contributed by atoms with Crippen molar-refractivity contribution in [1.82, 2.24) is 15.1 Å². The first kappa shape index (κ1) is 21.7. The topological polar surface area (TPSA) is 52.7 Å². The van der Waals surface area contributed by atoms with Gasteiger partial charge in [-0.3, -0.25) is 14.5 Å². The number of nitrogens with one attached hydrogen (secondary N) is 1. The first-order chi connectivity index (χ1) is 12.6. The number of halogens is 4. The molecule has 0 aromatic heterocycles. The van der Waals surface area contributed by atoms with Crippen LogP contribution in [-0.2, 0) is 9.59 Å². The lowest BCUT2D eigenvalue weighted by atomic mass is 10.0. The van der Waals surface area contributed by atoms with Crippen LogP contribution in [0.2, 0.25) is 0 Å². The molecule has 1 aliphatic rings. The molecule has 1 atom stereocenters. The zero-order valence-electron chi connectivity index (χ0n) is 15.1. The minimum atomic E-state index is -4.24. The Morgan fingerprint density at radius 1 is 1.15 bits per heavy atom. The van der Waals surface area contributed by atoms with Gasteiger partial charge in [-0.1, -0.05) is 28.1 Å². The third kappa shape index (κ3) is 7.50. The highest BCUT2D eigenvalue weighted by Crippen LogP contribution is 2.22. The van der Waals surface area contributed by atoms with Gasteiger partial charge in [-0.15, -0.1) is 0 Å². The van der Waals surface area contributed by atoms with Gasteiger partial charge in [0.05, 0.1) is 19.0 Å². The molecule has 1 saturated heterocycles. The number of nitrogens with zero attached hydrogens (tertiary/aromatic N) is 2. The van der Waals surface area contributed by atoms with Crippen LogP contribution >= 0.6 is 15.9 Å². The highest BCUT2D eigenvalue weighted by atomic mass is 79.9. The van der Waals surface area contributed by atoms with Crippen molar-refractivity contribution < 1.29 is 22.8 Å². The predicted octanol–water partition coefficient (Wildman–Crippen LogP) is 3.11. The fourth-order valence-electron chi connectivity index (χ4n) is 3.13. The second-order valence-electron chi connectivity index (χ2n) is 6.63. The molecule has 5 nitrogen and oxygen atoms in total. The van der Waals surface area contributed by atoms with E-state index in [0.717, 1.165) is 10.0 Å². The van der Waals surface area contributed by atoms with E-state index in [-0.39, 0.29) is 31.3 Å². The van der Waals surface area contributed by atoms with Gasteiger partial charge < -0.3 is 10.2 Å². The third-order valence-corrected chi connectivity index (χ3v) is 4.90. The van der Waals surface area contributed by atoms with Crippen molar-refractivity contribution >= 4 is 27.7 Å². The Kier molecular flexibility index (Phi) is 7.67. The van der Waals surface area contributed by atoms with Gasteiger partial charge in [0.25, 0.3) is 0 Å². The molecule has 1 aromatic carbocycles. The minimum Gasteiger partial charge on any atom is -0.349 e. The van der Waals surface area contributed by atoms with Gasteiger partial charge in [-0.2, -0.15) is 13.2 Å². The van der Waals surface area contributed by atoms with Crippen molar-refractivity contribution in [2.24, 2.45) is 0 Å². The second kappa shape index (κ2) is 9.54. The summed E-state index contributed by atoms with van der Waals surface area (Å²) in [4.78, 5) is 27.1. The molecule has 1 N–H and O–H groups in total. The number of benzene rings is 1. The fourth-order valence-corrected chi connectivity index (χ4v) is 3.39. The lowest BCUT2D eigenvalue weighted by molar-refractivity contribution is -0.145. The van der Waals surface area contributed by atoms with Crippen LogP contribution in [0, 0.1) is 0 Å². The molecular formula is C18H23BrF3N3O2. The standard InChI is InChI=1S/C18H23BrF3N3O2/c1-13(26)23-16(14-3-5-15(19)6-4-14)11-17(27)25-8-2-7-24(9-10-25)12-18(20,21)22/h3-6,16H,2,7-12H2,1H3,(H,23,26). The Hall–Kier alpha value is -1.61. The van der Waals surface area contributed by atoms with E-state index in [9.17, 15) is 22.8 Å². The molecule has 0 bridgehead atoms. The molecule has 1 aromatic rings. The first-order valence-electron chi connectivity index (χ1n) is 8.73. The molecule has 2 amide bonds. The van der Waals surface area contributed by atoms with Gasteiger partial charge in [0, 0.05) is 37.6 Å².